The van der Waals surface area contributed by atoms with E-state index in [1.54, 1.807) is 42.0 Å². The summed E-state index contributed by atoms with van der Waals surface area (Å²) in [4.78, 5) is 68.1. The average molecular weight is 554 g/mol. The summed E-state index contributed by atoms with van der Waals surface area (Å²) in [6, 6.07) is 4.82. The van der Waals surface area contributed by atoms with Gasteiger partial charge in [-0.2, -0.15) is 0 Å². The molecule has 3 unspecified atom stereocenters. The first-order chi connectivity index (χ1) is 19.3. The van der Waals surface area contributed by atoms with E-state index in [-0.39, 0.29) is 48.3 Å². The van der Waals surface area contributed by atoms with Gasteiger partial charge in [-0.05, 0) is 70.2 Å². The van der Waals surface area contributed by atoms with Crippen LogP contribution in [0.2, 0.25) is 0 Å². The lowest BCUT2D eigenvalue weighted by molar-refractivity contribution is -0.172. The largest absolute Gasteiger partial charge is 0.459 e. The van der Waals surface area contributed by atoms with E-state index in [0.29, 0.717) is 31.4 Å². The molecule has 1 aromatic carbocycles. The number of morpholine rings is 1. The van der Waals surface area contributed by atoms with Gasteiger partial charge in [-0.25, -0.2) is 4.79 Å². The molecule has 6 rings (SSSR count). The summed E-state index contributed by atoms with van der Waals surface area (Å²) in [7, 11) is 1.69. The third-order valence-electron chi connectivity index (χ3n) is 8.78. The first-order valence-electron chi connectivity index (χ1n) is 14.4. The summed E-state index contributed by atoms with van der Waals surface area (Å²) >= 11 is 0. The summed E-state index contributed by atoms with van der Waals surface area (Å²) < 4.78 is 5.31. The van der Waals surface area contributed by atoms with Gasteiger partial charge in [0.25, 0.3) is 5.91 Å². The lowest BCUT2D eigenvalue weighted by atomic mass is 9.95. The molecule has 5 heterocycles. The van der Waals surface area contributed by atoms with Crippen LogP contribution < -0.4 is 16.0 Å². The van der Waals surface area contributed by atoms with E-state index in [1.807, 2.05) is 6.07 Å². The van der Waals surface area contributed by atoms with Crippen LogP contribution in [0.25, 0.3) is 0 Å². The van der Waals surface area contributed by atoms with Crippen LogP contribution in [0, 0.1) is 0 Å². The minimum absolute atomic E-state index is 0.0165. The Balaban J connectivity index is 1.23. The summed E-state index contributed by atoms with van der Waals surface area (Å²) in [5.74, 6) is -1.22. The number of likely N-dealkylation sites (N-methyl/N-ethyl adjacent to an activating group) is 1. The first kappa shape index (κ1) is 28.1. The first-order valence-corrected chi connectivity index (χ1v) is 14.4. The number of rotatable bonds is 7. The lowest BCUT2D eigenvalue weighted by Gasteiger charge is -2.43. The van der Waals surface area contributed by atoms with Crippen molar-refractivity contribution in [3.8, 4) is 0 Å². The molecule has 6 atom stereocenters. The number of fused-ring (bicyclic) bond motifs is 4. The number of benzene rings is 1. The van der Waals surface area contributed by atoms with E-state index in [2.05, 4.69) is 16.0 Å². The monoisotopic (exact) mass is 553 g/mol. The Morgan fingerprint density at radius 3 is 2.60 bits per heavy atom. The Morgan fingerprint density at radius 1 is 1.05 bits per heavy atom. The molecule has 0 radical (unpaired) electrons. The topological polar surface area (TPSA) is 137 Å². The summed E-state index contributed by atoms with van der Waals surface area (Å²) in [6.07, 6.45) is 5.65. The highest BCUT2D eigenvalue weighted by Gasteiger charge is 2.45. The number of nitrogens with one attached hydrogen (secondary N) is 3. The molecule has 5 aliphatic rings. The molecule has 11 heteroatoms. The molecular weight excluding hydrogens is 514 g/mol. The van der Waals surface area contributed by atoms with Crippen molar-refractivity contribution in [1.29, 1.82) is 0 Å². The molecule has 0 aliphatic carbocycles. The van der Waals surface area contributed by atoms with E-state index < -0.39 is 24.2 Å². The molecule has 0 aromatic heterocycles. The van der Waals surface area contributed by atoms with Crippen LogP contribution in [0.1, 0.15) is 74.2 Å². The second kappa shape index (κ2) is 12.0. The van der Waals surface area contributed by atoms with Gasteiger partial charge in [0, 0.05) is 18.2 Å². The van der Waals surface area contributed by atoms with Crippen LogP contribution in [-0.4, -0.2) is 89.3 Å². The van der Waals surface area contributed by atoms with E-state index in [0.717, 1.165) is 37.7 Å². The number of piperidine rings is 1. The molecule has 5 fully saturated rings. The van der Waals surface area contributed by atoms with Crippen molar-refractivity contribution >= 4 is 29.6 Å². The smallest absolute Gasteiger partial charge is 0.329 e. The molecule has 2 bridgehead atoms. The van der Waals surface area contributed by atoms with Gasteiger partial charge in [-0.15, -0.1) is 0 Å². The molecule has 4 amide bonds. The van der Waals surface area contributed by atoms with Gasteiger partial charge in [0.05, 0.1) is 12.6 Å². The number of nitrogens with zero attached hydrogens (tertiary/aromatic N) is 2. The van der Waals surface area contributed by atoms with Gasteiger partial charge >= 0.3 is 5.97 Å². The van der Waals surface area contributed by atoms with Crippen molar-refractivity contribution in [2.45, 2.75) is 101 Å². The molecule has 11 nitrogen and oxygen atoms in total. The molecule has 3 N–H and O–H groups in total. The van der Waals surface area contributed by atoms with Gasteiger partial charge in [0.15, 0.2) is 0 Å². The van der Waals surface area contributed by atoms with E-state index in [1.165, 1.54) is 0 Å². The molecule has 40 heavy (non-hydrogen) atoms. The van der Waals surface area contributed by atoms with Crippen LogP contribution >= 0.6 is 0 Å². The second-order valence-electron chi connectivity index (χ2n) is 11.4. The maximum Gasteiger partial charge on any atom is 0.329 e. The molecule has 5 aliphatic heterocycles. The fourth-order valence-corrected chi connectivity index (χ4v) is 6.38. The zero-order chi connectivity index (χ0) is 28.4. The van der Waals surface area contributed by atoms with E-state index in [4.69, 9.17) is 4.74 Å². The minimum Gasteiger partial charge on any atom is -0.459 e. The van der Waals surface area contributed by atoms with Crippen LogP contribution in [0.3, 0.4) is 0 Å². The summed E-state index contributed by atoms with van der Waals surface area (Å²) in [6.45, 7) is 2.35. The number of hydrogen-bond donors (Lipinski definition) is 3. The molecule has 216 valence electrons. The summed E-state index contributed by atoms with van der Waals surface area (Å²) in [5.41, 5.74) is 1.21. The fraction of sp³-hybridized carbons (Fsp3) is 0.621. The number of ether oxygens (including phenoxy) is 1. The Kier molecular flexibility index (Phi) is 8.39. The van der Waals surface area contributed by atoms with E-state index >= 15 is 0 Å². The minimum atomic E-state index is -0.649. The van der Waals surface area contributed by atoms with Crippen LogP contribution in [-0.2, 0) is 30.5 Å². The Labute approximate surface area is 234 Å². The van der Waals surface area contributed by atoms with Crippen molar-refractivity contribution < 1.29 is 28.7 Å². The zero-order valence-electron chi connectivity index (χ0n) is 23.2. The highest BCUT2D eigenvalue weighted by atomic mass is 16.6. The number of hydrogen-bond acceptors (Lipinski definition) is 7. The average Bonchev–Trinajstić information content (AvgIpc) is 3.39. The maximum atomic E-state index is 13.6. The number of carbonyl (C=O) groups excluding carboxylic acids is 5. The SMILES string of the molecule is CNC(C)C(=O)N[C@H]1CCCC[C@H]2CC[C@@H](C(=O)NCc3cccc(C(=O)N4CC5CCC4C(=O)O5)c3)N2C1=O. The molecular formula is C29H39N5O6. The van der Waals surface area contributed by atoms with Gasteiger partial charge < -0.3 is 30.5 Å². The maximum absolute atomic E-state index is 13.6. The molecule has 0 saturated carbocycles. The van der Waals surface area contributed by atoms with Crippen molar-refractivity contribution in [3.05, 3.63) is 35.4 Å². The van der Waals surface area contributed by atoms with Crippen LogP contribution in [0.15, 0.2) is 24.3 Å². The van der Waals surface area contributed by atoms with Crippen LogP contribution in [0.4, 0.5) is 0 Å². The van der Waals surface area contributed by atoms with E-state index in [9.17, 15) is 24.0 Å². The van der Waals surface area contributed by atoms with Gasteiger partial charge in [0.1, 0.15) is 24.2 Å². The molecule has 5 saturated heterocycles. The molecule has 1 aromatic rings. The van der Waals surface area contributed by atoms with Gasteiger partial charge in [0.2, 0.25) is 17.7 Å². The Hall–Kier alpha value is -3.47. The number of esters is 1. The number of amides is 4. The van der Waals surface area contributed by atoms with Crippen molar-refractivity contribution in [3.63, 3.8) is 0 Å². The highest BCUT2D eigenvalue weighted by molar-refractivity contribution is 5.98. The molecule has 0 spiro atoms. The van der Waals surface area contributed by atoms with Crippen molar-refractivity contribution in [1.82, 2.24) is 25.8 Å². The van der Waals surface area contributed by atoms with Crippen molar-refractivity contribution in [2.75, 3.05) is 13.6 Å². The highest BCUT2D eigenvalue weighted by Crippen LogP contribution is 2.32. The quantitative estimate of drug-likeness (QED) is 0.426. The Bertz CT molecular complexity index is 1170. The predicted molar refractivity (Wildman–Crippen MR) is 145 cm³/mol. The van der Waals surface area contributed by atoms with Gasteiger partial charge in [-0.3, -0.25) is 19.2 Å². The van der Waals surface area contributed by atoms with Crippen molar-refractivity contribution in [2.24, 2.45) is 0 Å². The summed E-state index contributed by atoms with van der Waals surface area (Å²) in [5, 5.41) is 8.74. The van der Waals surface area contributed by atoms with Crippen LogP contribution in [0.5, 0.6) is 0 Å². The third kappa shape index (κ3) is 5.70. The zero-order valence-corrected chi connectivity index (χ0v) is 23.2. The normalized spacial score (nSPS) is 28.7. The lowest BCUT2D eigenvalue weighted by Crippen LogP contribution is -2.59. The number of carbonyl (C=O) groups is 5. The third-order valence-corrected chi connectivity index (χ3v) is 8.78. The standard InChI is InChI=1S/C29H39N5O6/c1-17(30-2)25(35)32-22-9-4-3-8-20-10-12-23(34(20)28(22)38)26(36)31-15-18-6-5-7-19(14-18)27(37)33-16-21-11-13-24(33)29(39)40-21/h5-7,14,17,20-24,30H,3-4,8-13,15-16H2,1-2H3,(H,31,36)(H,32,35)/t17?,20-,21?,22-,23-,24?/m0/s1. The van der Waals surface area contributed by atoms with Gasteiger partial charge in [-0.1, -0.05) is 25.0 Å². The fourth-order valence-electron chi connectivity index (χ4n) is 6.38. The second-order valence-corrected chi connectivity index (χ2v) is 11.4. The predicted octanol–water partition coefficient (Wildman–Crippen LogP) is 0.859. The Morgan fingerprint density at radius 2 is 1.85 bits per heavy atom.